The zero-order valence-corrected chi connectivity index (χ0v) is 21.8. The number of aromatic nitrogens is 1. The molecule has 0 aliphatic rings. The van der Waals surface area contributed by atoms with Crippen molar-refractivity contribution >= 4 is 5.97 Å². The summed E-state index contributed by atoms with van der Waals surface area (Å²) in [5, 5.41) is 9.64. The molecule has 3 aromatic carbocycles. The fourth-order valence-electron chi connectivity index (χ4n) is 3.94. The summed E-state index contributed by atoms with van der Waals surface area (Å²) in [7, 11) is 0. The Morgan fingerprint density at radius 3 is 2.37 bits per heavy atom. The van der Waals surface area contributed by atoms with Crippen LogP contribution in [0.4, 0.5) is 4.39 Å². The van der Waals surface area contributed by atoms with Gasteiger partial charge in [0.25, 0.3) is 0 Å². The molecule has 0 aliphatic carbocycles. The summed E-state index contributed by atoms with van der Waals surface area (Å²) in [6.45, 7) is 7.96. The third kappa shape index (κ3) is 6.70. The minimum Gasteiger partial charge on any atom is -0.493 e. The molecule has 198 valence electrons. The number of hydrogen-bond acceptors (Lipinski definition) is 6. The van der Waals surface area contributed by atoms with E-state index in [9.17, 15) is 14.3 Å². The number of nitrogens with zero attached hydrogens (tertiary/aromatic N) is 1. The largest absolute Gasteiger partial charge is 0.493 e. The normalized spacial score (nSPS) is 11.0. The molecule has 0 fully saturated rings. The van der Waals surface area contributed by atoms with E-state index in [0.29, 0.717) is 47.3 Å². The molecular formula is C30H30FNO6. The fourth-order valence-corrected chi connectivity index (χ4v) is 3.94. The van der Waals surface area contributed by atoms with Gasteiger partial charge in [-0.05, 0) is 81.3 Å². The summed E-state index contributed by atoms with van der Waals surface area (Å²) in [5.74, 6) is 1.29. The summed E-state index contributed by atoms with van der Waals surface area (Å²) in [6, 6.07) is 16.7. The van der Waals surface area contributed by atoms with E-state index in [4.69, 9.17) is 18.6 Å². The minimum absolute atomic E-state index is 0.0458. The lowest BCUT2D eigenvalue weighted by Gasteiger charge is -2.16. The number of benzene rings is 3. The lowest BCUT2D eigenvalue weighted by Crippen LogP contribution is -2.09. The summed E-state index contributed by atoms with van der Waals surface area (Å²) in [5.41, 5.74) is 3.04. The van der Waals surface area contributed by atoms with Crippen molar-refractivity contribution in [3.63, 3.8) is 0 Å². The zero-order valence-electron chi connectivity index (χ0n) is 21.8. The maximum absolute atomic E-state index is 13.2. The van der Waals surface area contributed by atoms with Crippen LogP contribution in [0, 0.1) is 19.7 Å². The number of carboxylic acids is 1. The van der Waals surface area contributed by atoms with Crippen LogP contribution in [0.25, 0.3) is 11.5 Å². The number of carbonyl (C=O) groups is 1. The number of rotatable bonds is 11. The van der Waals surface area contributed by atoms with Gasteiger partial charge in [-0.15, -0.1) is 0 Å². The van der Waals surface area contributed by atoms with Crippen LogP contribution < -0.4 is 14.2 Å². The van der Waals surface area contributed by atoms with Crippen LogP contribution in [0.2, 0.25) is 0 Å². The van der Waals surface area contributed by atoms with E-state index >= 15 is 0 Å². The van der Waals surface area contributed by atoms with Gasteiger partial charge in [-0.1, -0.05) is 12.1 Å². The second-order valence-corrected chi connectivity index (χ2v) is 9.14. The second kappa shape index (κ2) is 11.8. The van der Waals surface area contributed by atoms with E-state index in [0.717, 1.165) is 11.3 Å². The molecule has 4 aromatic rings. The smallest absolute Gasteiger partial charge is 0.339 e. The molecule has 7 nitrogen and oxygen atoms in total. The average Bonchev–Trinajstić information content (AvgIpc) is 3.23. The number of halogens is 1. The molecular weight excluding hydrogens is 489 g/mol. The maximum Gasteiger partial charge on any atom is 0.339 e. The molecule has 38 heavy (non-hydrogen) atoms. The molecule has 0 unspecified atom stereocenters. The fraction of sp³-hybridized carbons (Fsp3) is 0.267. The van der Waals surface area contributed by atoms with Gasteiger partial charge in [0.15, 0.2) is 0 Å². The van der Waals surface area contributed by atoms with Crippen LogP contribution in [0.3, 0.4) is 0 Å². The average molecular weight is 520 g/mol. The highest BCUT2D eigenvalue weighted by Gasteiger charge is 2.18. The van der Waals surface area contributed by atoms with E-state index in [1.165, 1.54) is 12.1 Å². The van der Waals surface area contributed by atoms with Gasteiger partial charge in [-0.3, -0.25) is 0 Å². The van der Waals surface area contributed by atoms with Crippen molar-refractivity contribution in [1.29, 1.82) is 0 Å². The third-order valence-electron chi connectivity index (χ3n) is 5.77. The molecule has 4 rings (SSSR count). The number of carboxylic acid groups (broad SMARTS) is 1. The van der Waals surface area contributed by atoms with Crippen LogP contribution >= 0.6 is 0 Å². The van der Waals surface area contributed by atoms with Gasteiger partial charge in [0, 0.05) is 18.1 Å². The van der Waals surface area contributed by atoms with Crippen molar-refractivity contribution in [2.45, 2.75) is 46.8 Å². The van der Waals surface area contributed by atoms with E-state index < -0.39 is 5.97 Å². The first kappa shape index (κ1) is 26.7. The van der Waals surface area contributed by atoms with E-state index in [1.54, 1.807) is 31.2 Å². The molecule has 1 heterocycles. The molecule has 8 heteroatoms. The Hall–Kier alpha value is -4.33. The first-order valence-corrected chi connectivity index (χ1v) is 12.3. The van der Waals surface area contributed by atoms with Gasteiger partial charge in [0.1, 0.15) is 41.0 Å². The second-order valence-electron chi connectivity index (χ2n) is 9.14. The van der Waals surface area contributed by atoms with E-state index in [-0.39, 0.29) is 29.8 Å². The molecule has 0 spiro atoms. The monoisotopic (exact) mass is 519 g/mol. The van der Waals surface area contributed by atoms with Gasteiger partial charge in [-0.2, -0.15) is 0 Å². The van der Waals surface area contributed by atoms with Gasteiger partial charge < -0.3 is 23.7 Å². The Bertz CT molecular complexity index is 1390. The quantitative estimate of drug-likeness (QED) is 0.233. The topological polar surface area (TPSA) is 91.0 Å². The molecule has 0 bridgehead atoms. The molecule has 0 radical (unpaired) electrons. The van der Waals surface area contributed by atoms with Crippen LogP contribution in [0.5, 0.6) is 17.2 Å². The first-order chi connectivity index (χ1) is 18.2. The molecule has 0 saturated heterocycles. The molecule has 0 atom stereocenters. The lowest BCUT2D eigenvalue weighted by atomic mass is 10.1. The maximum atomic E-state index is 13.2. The Kier molecular flexibility index (Phi) is 8.31. The number of oxazole rings is 1. The number of ether oxygens (including phenoxy) is 3. The van der Waals surface area contributed by atoms with Crippen molar-refractivity contribution < 1.29 is 32.9 Å². The van der Waals surface area contributed by atoms with Crippen LogP contribution in [-0.4, -0.2) is 28.8 Å². The standard InChI is InChI=1S/C30H30FNO6/c1-18(2)37-25-15-19(3)28(30(33)34)27(16-25)36-17-21-5-11-24(12-6-21)35-14-13-26-20(4)38-29(32-26)22-7-9-23(31)10-8-22/h5-12,15-16,18H,13-14,17H2,1-4H3,(H,33,34). The first-order valence-electron chi connectivity index (χ1n) is 12.3. The van der Waals surface area contributed by atoms with Crippen molar-refractivity contribution in [3.05, 3.63) is 94.6 Å². The highest BCUT2D eigenvalue weighted by molar-refractivity contribution is 5.93. The van der Waals surface area contributed by atoms with Gasteiger partial charge in [0.05, 0.1) is 18.4 Å². The van der Waals surface area contributed by atoms with Gasteiger partial charge in [-0.25, -0.2) is 14.2 Å². The molecule has 1 aromatic heterocycles. The highest BCUT2D eigenvalue weighted by Crippen LogP contribution is 2.30. The molecule has 0 aliphatic heterocycles. The van der Waals surface area contributed by atoms with Crippen molar-refractivity contribution in [2.24, 2.45) is 0 Å². The van der Waals surface area contributed by atoms with Crippen molar-refractivity contribution in [3.8, 4) is 28.7 Å². The molecule has 0 saturated carbocycles. The highest BCUT2D eigenvalue weighted by atomic mass is 19.1. The number of aromatic carboxylic acids is 1. The van der Waals surface area contributed by atoms with Crippen molar-refractivity contribution in [1.82, 2.24) is 4.98 Å². The zero-order chi connectivity index (χ0) is 27.2. The Balaban J connectivity index is 1.34. The van der Waals surface area contributed by atoms with Gasteiger partial charge in [0.2, 0.25) is 5.89 Å². The summed E-state index contributed by atoms with van der Waals surface area (Å²) in [4.78, 5) is 16.3. The van der Waals surface area contributed by atoms with Crippen LogP contribution in [0.15, 0.2) is 65.1 Å². The van der Waals surface area contributed by atoms with Crippen LogP contribution in [-0.2, 0) is 13.0 Å². The Morgan fingerprint density at radius 2 is 1.71 bits per heavy atom. The third-order valence-corrected chi connectivity index (χ3v) is 5.77. The minimum atomic E-state index is -1.05. The van der Waals surface area contributed by atoms with Gasteiger partial charge >= 0.3 is 5.97 Å². The number of aryl methyl sites for hydroxylation is 2. The number of hydrogen-bond donors (Lipinski definition) is 1. The van der Waals surface area contributed by atoms with E-state index in [2.05, 4.69) is 4.98 Å². The molecule has 1 N–H and O–H groups in total. The lowest BCUT2D eigenvalue weighted by molar-refractivity contribution is 0.0690. The summed E-state index contributed by atoms with van der Waals surface area (Å²) >= 11 is 0. The SMILES string of the molecule is Cc1cc(OC(C)C)cc(OCc2ccc(OCCc3nc(-c4ccc(F)cc4)oc3C)cc2)c1C(=O)O. The predicted octanol–water partition coefficient (Wildman–Crippen LogP) is 6.78. The van der Waals surface area contributed by atoms with Crippen LogP contribution in [0.1, 0.15) is 46.8 Å². The summed E-state index contributed by atoms with van der Waals surface area (Å²) in [6.07, 6.45) is 0.503. The summed E-state index contributed by atoms with van der Waals surface area (Å²) < 4.78 is 36.4. The predicted molar refractivity (Wildman–Crippen MR) is 141 cm³/mol. The Morgan fingerprint density at radius 1 is 1.00 bits per heavy atom. The van der Waals surface area contributed by atoms with E-state index in [1.807, 2.05) is 45.0 Å². The van der Waals surface area contributed by atoms with Crippen molar-refractivity contribution in [2.75, 3.05) is 6.61 Å². The Labute approximate surface area is 220 Å². The molecule has 0 amide bonds.